The lowest BCUT2D eigenvalue weighted by atomic mass is 10.1. The van der Waals surface area contributed by atoms with Crippen LogP contribution in [0.25, 0.3) is 5.69 Å². The van der Waals surface area contributed by atoms with Crippen molar-refractivity contribution in [3.8, 4) is 5.69 Å². The van der Waals surface area contributed by atoms with Gasteiger partial charge in [-0.1, -0.05) is 0 Å². The molecular weight excluding hydrogens is 321 g/mol. The molecule has 1 fully saturated rings. The number of amides is 1. The largest absolute Gasteiger partial charge is 0.467 e. The van der Waals surface area contributed by atoms with Crippen LogP contribution in [0.2, 0.25) is 0 Å². The van der Waals surface area contributed by atoms with Crippen molar-refractivity contribution in [2.75, 3.05) is 0 Å². The average Bonchev–Trinajstić information content (AvgIpc) is 3.21. The van der Waals surface area contributed by atoms with Gasteiger partial charge >= 0.3 is 0 Å². The monoisotopic (exact) mass is 339 g/mol. The minimum absolute atomic E-state index is 0.163. The van der Waals surface area contributed by atoms with E-state index < -0.39 is 0 Å². The van der Waals surface area contributed by atoms with Gasteiger partial charge in [0.05, 0.1) is 35.4 Å². The Morgan fingerprint density at radius 3 is 2.72 bits per heavy atom. The number of furan rings is 1. The fourth-order valence-corrected chi connectivity index (χ4v) is 2.95. The Morgan fingerprint density at radius 2 is 2.08 bits per heavy atom. The van der Waals surface area contributed by atoms with Crippen LogP contribution in [0.4, 0.5) is 4.39 Å². The van der Waals surface area contributed by atoms with Crippen LogP contribution in [0.15, 0.2) is 47.1 Å². The molecule has 1 aromatic carbocycles. The first kappa shape index (κ1) is 15.6. The van der Waals surface area contributed by atoms with Gasteiger partial charge < -0.3 is 9.73 Å². The highest BCUT2D eigenvalue weighted by molar-refractivity contribution is 5.96. The fraction of sp³-hybridized carbons (Fsp3) is 0.263. The van der Waals surface area contributed by atoms with E-state index in [9.17, 15) is 9.18 Å². The number of halogens is 1. The SMILES string of the molecule is Cc1c(C(=O)NCc2ccco2)c(C2CC2)nn1-c1ccc(F)cc1. The zero-order valence-corrected chi connectivity index (χ0v) is 13.8. The molecule has 4 rings (SSSR count). The van der Waals surface area contributed by atoms with Crippen LogP contribution < -0.4 is 5.32 Å². The Balaban J connectivity index is 1.66. The molecule has 0 unspecified atom stereocenters. The van der Waals surface area contributed by atoms with Crippen molar-refractivity contribution in [1.29, 1.82) is 0 Å². The van der Waals surface area contributed by atoms with E-state index in [0.717, 1.165) is 29.9 Å². The highest BCUT2D eigenvalue weighted by atomic mass is 19.1. The quantitative estimate of drug-likeness (QED) is 0.771. The molecular formula is C19H18FN3O2. The summed E-state index contributed by atoms with van der Waals surface area (Å²) in [6, 6.07) is 9.71. The molecule has 128 valence electrons. The number of benzene rings is 1. The number of aromatic nitrogens is 2. The number of carbonyl (C=O) groups is 1. The van der Waals surface area contributed by atoms with Crippen molar-refractivity contribution in [2.45, 2.75) is 32.2 Å². The summed E-state index contributed by atoms with van der Waals surface area (Å²) in [5.41, 5.74) is 2.92. The molecule has 0 aliphatic heterocycles. The van der Waals surface area contributed by atoms with E-state index in [1.54, 1.807) is 29.1 Å². The molecule has 6 heteroatoms. The summed E-state index contributed by atoms with van der Waals surface area (Å²) < 4.78 is 20.2. The van der Waals surface area contributed by atoms with Gasteiger partial charge in [-0.3, -0.25) is 4.79 Å². The average molecular weight is 339 g/mol. The van der Waals surface area contributed by atoms with Gasteiger partial charge in [-0.15, -0.1) is 0 Å². The number of nitrogens with one attached hydrogen (secondary N) is 1. The van der Waals surface area contributed by atoms with Crippen molar-refractivity contribution in [2.24, 2.45) is 0 Å². The molecule has 1 amide bonds. The summed E-state index contributed by atoms with van der Waals surface area (Å²) in [7, 11) is 0. The Kier molecular flexibility index (Phi) is 3.87. The van der Waals surface area contributed by atoms with Crippen LogP contribution >= 0.6 is 0 Å². The van der Waals surface area contributed by atoms with Crippen molar-refractivity contribution >= 4 is 5.91 Å². The second kappa shape index (κ2) is 6.20. The molecule has 0 atom stereocenters. The maximum Gasteiger partial charge on any atom is 0.255 e. The van der Waals surface area contributed by atoms with E-state index in [1.807, 2.05) is 13.0 Å². The minimum atomic E-state index is -0.299. The molecule has 3 aromatic rings. The lowest BCUT2D eigenvalue weighted by molar-refractivity contribution is 0.0946. The molecule has 2 heterocycles. The molecule has 5 nitrogen and oxygen atoms in total. The van der Waals surface area contributed by atoms with Gasteiger partial charge in [0, 0.05) is 5.92 Å². The first-order valence-electron chi connectivity index (χ1n) is 8.29. The molecule has 2 aromatic heterocycles. The zero-order valence-electron chi connectivity index (χ0n) is 13.8. The molecule has 1 saturated carbocycles. The number of hydrogen-bond donors (Lipinski definition) is 1. The summed E-state index contributed by atoms with van der Waals surface area (Å²) in [4.78, 5) is 12.7. The zero-order chi connectivity index (χ0) is 17.4. The highest BCUT2D eigenvalue weighted by Gasteiger charge is 2.33. The second-order valence-electron chi connectivity index (χ2n) is 6.27. The Hall–Kier alpha value is -2.89. The van der Waals surface area contributed by atoms with E-state index in [1.165, 1.54) is 12.1 Å². The van der Waals surface area contributed by atoms with Crippen LogP contribution in [0.1, 0.15) is 46.3 Å². The third-order valence-corrected chi connectivity index (χ3v) is 4.41. The summed E-state index contributed by atoms with van der Waals surface area (Å²) in [6.45, 7) is 2.20. The number of hydrogen-bond acceptors (Lipinski definition) is 3. The third kappa shape index (κ3) is 3.07. The summed E-state index contributed by atoms with van der Waals surface area (Å²) in [5.74, 6) is 0.561. The molecule has 25 heavy (non-hydrogen) atoms. The standard InChI is InChI=1S/C19H18FN3O2/c1-12-17(19(24)21-11-16-3-2-10-25-16)18(13-4-5-13)22-23(12)15-8-6-14(20)7-9-15/h2-3,6-10,13H,4-5,11H2,1H3,(H,21,24). The van der Waals surface area contributed by atoms with Gasteiger partial charge in [0.1, 0.15) is 11.6 Å². The normalized spacial score (nSPS) is 13.8. The molecule has 0 radical (unpaired) electrons. The summed E-state index contributed by atoms with van der Waals surface area (Å²) in [5, 5.41) is 7.54. The van der Waals surface area contributed by atoms with Crippen LogP contribution in [-0.2, 0) is 6.54 Å². The minimum Gasteiger partial charge on any atom is -0.467 e. The van der Waals surface area contributed by atoms with Gasteiger partial charge in [0.15, 0.2) is 0 Å². The van der Waals surface area contributed by atoms with Crippen LogP contribution in [0.3, 0.4) is 0 Å². The Bertz CT molecular complexity index is 894. The topological polar surface area (TPSA) is 60.1 Å². The van der Waals surface area contributed by atoms with Crippen LogP contribution in [0, 0.1) is 12.7 Å². The molecule has 0 bridgehead atoms. The van der Waals surface area contributed by atoms with Crippen molar-refractivity contribution < 1.29 is 13.6 Å². The maximum absolute atomic E-state index is 13.2. The van der Waals surface area contributed by atoms with Gasteiger partial charge in [0.25, 0.3) is 5.91 Å². The van der Waals surface area contributed by atoms with Gasteiger partial charge in [-0.2, -0.15) is 5.10 Å². The molecule has 0 spiro atoms. The Morgan fingerprint density at radius 1 is 1.32 bits per heavy atom. The maximum atomic E-state index is 13.2. The van der Waals surface area contributed by atoms with Gasteiger partial charge in [-0.25, -0.2) is 9.07 Å². The van der Waals surface area contributed by atoms with Crippen molar-refractivity contribution in [1.82, 2.24) is 15.1 Å². The number of nitrogens with zero attached hydrogens (tertiary/aromatic N) is 2. The molecule has 1 N–H and O–H groups in total. The molecule has 0 saturated heterocycles. The summed E-state index contributed by atoms with van der Waals surface area (Å²) >= 11 is 0. The van der Waals surface area contributed by atoms with E-state index in [4.69, 9.17) is 4.42 Å². The predicted octanol–water partition coefficient (Wildman–Crippen LogP) is 3.72. The Labute approximate surface area is 144 Å². The predicted molar refractivity (Wildman–Crippen MR) is 90.1 cm³/mol. The second-order valence-corrected chi connectivity index (χ2v) is 6.27. The van der Waals surface area contributed by atoms with Crippen LogP contribution in [-0.4, -0.2) is 15.7 Å². The summed E-state index contributed by atoms with van der Waals surface area (Å²) in [6.07, 6.45) is 3.66. The van der Waals surface area contributed by atoms with Crippen molar-refractivity contribution in [3.63, 3.8) is 0 Å². The number of carbonyl (C=O) groups excluding carboxylic acids is 1. The highest BCUT2D eigenvalue weighted by Crippen LogP contribution is 2.42. The molecule has 1 aliphatic rings. The van der Waals surface area contributed by atoms with E-state index >= 15 is 0 Å². The number of rotatable bonds is 5. The van der Waals surface area contributed by atoms with Crippen LogP contribution in [0.5, 0.6) is 0 Å². The lowest BCUT2D eigenvalue weighted by Gasteiger charge is -2.06. The molecule has 1 aliphatic carbocycles. The third-order valence-electron chi connectivity index (χ3n) is 4.41. The van der Waals surface area contributed by atoms with Gasteiger partial charge in [0.2, 0.25) is 0 Å². The fourth-order valence-electron chi connectivity index (χ4n) is 2.95. The first-order valence-corrected chi connectivity index (χ1v) is 8.29. The lowest BCUT2D eigenvalue weighted by Crippen LogP contribution is -2.24. The smallest absolute Gasteiger partial charge is 0.255 e. The van der Waals surface area contributed by atoms with Crippen molar-refractivity contribution in [3.05, 3.63) is 71.2 Å². The van der Waals surface area contributed by atoms with E-state index in [0.29, 0.717) is 23.8 Å². The van der Waals surface area contributed by atoms with Gasteiger partial charge in [-0.05, 0) is 56.2 Å². The van der Waals surface area contributed by atoms with E-state index in [2.05, 4.69) is 10.4 Å². The van der Waals surface area contributed by atoms with E-state index in [-0.39, 0.29) is 11.7 Å². The first-order chi connectivity index (χ1) is 12.1.